The minimum atomic E-state index is -0.391. The molecule has 16 heavy (non-hydrogen) atoms. The Bertz CT molecular complexity index is 502. The Balaban J connectivity index is 2.42. The van der Waals surface area contributed by atoms with Crippen molar-refractivity contribution in [3.05, 3.63) is 65.2 Å². The average Bonchev–Trinajstić information content (AvgIpc) is 2.28. The van der Waals surface area contributed by atoms with E-state index in [1.54, 1.807) is 37.5 Å². The van der Waals surface area contributed by atoms with Gasteiger partial charge in [-0.05, 0) is 42.8 Å². The van der Waals surface area contributed by atoms with Crippen molar-refractivity contribution in [1.82, 2.24) is 4.98 Å². The predicted molar refractivity (Wildman–Crippen MR) is 58.8 cm³/mol. The smallest absolute Gasteiger partial charge is 0.193 e. The Morgan fingerprint density at radius 2 is 1.81 bits per heavy atom. The summed E-state index contributed by atoms with van der Waals surface area (Å²) in [6.45, 7) is 1.76. The van der Waals surface area contributed by atoms with Crippen LogP contribution in [0.2, 0.25) is 0 Å². The molecule has 1 aromatic heterocycles. The quantitative estimate of drug-likeness (QED) is 0.721. The molecule has 0 N–H and O–H groups in total. The zero-order chi connectivity index (χ0) is 11.5. The number of benzene rings is 1. The first kappa shape index (κ1) is 10.5. The van der Waals surface area contributed by atoms with Crippen LogP contribution in [-0.2, 0) is 0 Å². The third kappa shape index (κ3) is 2.14. The van der Waals surface area contributed by atoms with E-state index in [9.17, 15) is 9.18 Å². The van der Waals surface area contributed by atoms with Crippen molar-refractivity contribution in [2.45, 2.75) is 6.92 Å². The maximum atomic E-state index is 13.1. The van der Waals surface area contributed by atoms with E-state index in [0.717, 1.165) is 5.56 Å². The molecular formula is C13H10FNO. The molecule has 0 fully saturated rings. The second-order valence-electron chi connectivity index (χ2n) is 3.58. The van der Waals surface area contributed by atoms with Gasteiger partial charge in [-0.1, -0.05) is 0 Å². The van der Waals surface area contributed by atoms with E-state index in [1.165, 1.54) is 12.1 Å². The second kappa shape index (κ2) is 4.23. The monoisotopic (exact) mass is 215 g/mol. The standard InChI is InChI=1S/C13H10FNO/c1-9-6-11(8-12(14)7-9)13(16)10-2-4-15-5-3-10/h2-8H,1H3. The van der Waals surface area contributed by atoms with E-state index < -0.39 is 5.82 Å². The van der Waals surface area contributed by atoms with Crippen molar-refractivity contribution in [2.24, 2.45) is 0 Å². The molecule has 1 heterocycles. The van der Waals surface area contributed by atoms with Gasteiger partial charge in [-0.25, -0.2) is 4.39 Å². The molecular weight excluding hydrogens is 205 g/mol. The molecule has 2 rings (SSSR count). The fourth-order valence-electron chi connectivity index (χ4n) is 1.54. The minimum Gasteiger partial charge on any atom is -0.289 e. The highest BCUT2D eigenvalue weighted by atomic mass is 19.1. The van der Waals surface area contributed by atoms with Crippen LogP contribution in [-0.4, -0.2) is 10.8 Å². The zero-order valence-corrected chi connectivity index (χ0v) is 8.77. The first-order valence-electron chi connectivity index (χ1n) is 4.89. The zero-order valence-electron chi connectivity index (χ0n) is 8.77. The van der Waals surface area contributed by atoms with Gasteiger partial charge >= 0.3 is 0 Å². The molecule has 0 aliphatic rings. The fraction of sp³-hybridized carbons (Fsp3) is 0.0769. The molecule has 2 nitrogen and oxygen atoms in total. The van der Waals surface area contributed by atoms with Crippen molar-refractivity contribution in [3.8, 4) is 0 Å². The normalized spacial score (nSPS) is 10.1. The highest BCUT2D eigenvalue weighted by molar-refractivity contribution is 6.08. The van der Waals surface area contributed by atoms with E-state index in [4.69, 9.17) is 0 Å². The molecule has 0 bridgehead atoms. The lowest BCUT2D eigenvalue weighted by Crippen LogP contribution is -2.02. The van der Waals surface area contributed by atoms with Gasteiger partial charge in [0.15, 0.2) is 5.78 Å². The van der Waals surface area contributed by atoms with Crippen LogP contribution in [0.5, 0.6) is 0 Å². The molecule has 0 atom stereocenters. The van der Waals surface area contributed by atoms with Crippen molar-refractivity contribution >= 4 is 5.78 Å². The number of ketones is 1. The Morgan fingerprint density at radius 3 is 2.44 bits per heavy atom. The molecule has 0 spiro atoms. The Hall–Kier alpha value is -2.03. The summed E-state index contributed by atoms with van der Waals surface area (Å²) < 4.78 is 13.1. The summed E-state index contributed by atoms with van der Waals surface area (Å²) in [6, 6.07) is 7.54. The van der Waals surface area contributed by atoms with E-state index in [0.29, 0.717) is 11.1 Å². The highest BCUT2D eigenvalue weighted by Crippen LogP contribution is 2.13. The number of carbonyl (C=O) groups excluding carboxylic acids is 1. The Kier molecular flexibility index (Phi) is 2.77. The van der Waals surface area contributed by atoms with Crippen LogP contribution in [0.1, 0.15) is 21.5 Å². The van der Waals surface area contributed by atoms with Crippen molar-refractivity contribution in [3.63, 3.8) is 0 Å². The molecule has 0 radical (unpaired) electrons. The first-order chi connectivity index (χ1) is 7.66. The molecule has 3 heteroatoms. The summed E-state index contributed by atoms with van der Waals surface area (Å²) in [7, 11) is 0. The van der Waals surface area contributed by atoms with Gasteiger partial charge in [0.05, 0.1) is 0 Å². The van der Waals surface area contributed by atoms with Gasteiger partial charge < -0.3 is 0 Å². The molecule has 2 aromatic rings. The van der Waals surface area contributed by atoms with Gasteiger partial charge in [0.25, 0.3) is 0 Å². The van der Waals surface area contributed by atoms with Gasteiger partial charge in [0.2, 0.25) is 0 Å². The molecule has 0 amide bonds. The number of aromatic nitrogens is 1. The molecule has 0 aliphatic carbocycles. The lowest BCUT2D eigenvalue weighted by molar-refractivity contribution is 0.103. The summed E-state index contributed by atoms with van der Waals surface area (Å²) in [4.78, 5) is 15.8. The average molecular weight is 215 g/mol. The maximum Gasteiger partial charge on any atom is 0.193 e. The molecule has 0 aliphatic heterocycles. The van der Waals surface area contributed by atoms with Crippen LogP contribution in [0.4, 0.5) is 4.39 Å². The summed E-state index contributed by atoms with van der Waals surface area (Å²) in [5, 5.41) is 0. The van der Waals surface area contributed by atoms with Crippen LogP contribution in [0.3, 0.4) is 0 Å². The molecule has 80 valence electrons. The summed E-state index contributed by atoms with van der Waals surface area (Å²) in [5.74, 6) is -0.581. The fourth-order valence-corrected chi connectivity index (χ4v) is 1.54. The van der Waals surface area contributed by atoms with Gasteiger partial charge in [-0.2, -0.15) is 0 Å². The molecule has 0 unspecified atom stereocenters. The topological polar surface area (TPSA) is 30.0 Å². The van der Waals surface area contributed by atoms with Crippen LogP contribution in [0, 0.1) is 12.7 Å². The van der Waals surface area contributed by atoms with E-state index in [2.05, 4.69) is 4.98 Å². The summed E-state index contributed by atoms with van der Waals surface area (Å²) in [5.41, 5.74) is 1.61. The Morgan fingerprint density at radius 1 is 1.12 bits per heavy atom. The first-order valence-corrected chi connectivity index (χ1v) is 4.89. The van der Waals surface area contributed by atoms with Crippen molar-refractivity contribution < 1.29 is 9.18 Å². The number of aryl methyl sites for hydroxylation is 1. The van der Waals surface area contributed by atoms with Gasteiger partial charge in [0.1, 0.15) is 5.82 Å². The summed E-state index contributed by atoms with van der Waals surface area (Å²) in [6.07, 6.45) is 3.08. The number of nitrogens with zero attached hydrogens (tertiary/aromatic N) is 1. The van der Waals surface area contributed by atoms with Crippen LogP contribution < -0.4 is 0 Å². The van der Waals surface area contributed by atoms with E-state index >= 15 is 0 Å². The number of halogens is 1. The number of carbonyl (C=O) groups is 1. The lowest BCUT2D eigenvalue weighted by atomic mass is 10.0. The van der Waals surface area contributed by atoms with Crippen molar-refractivity contribution in [1.29, 1.82) is 0 Å². The lowest BCUT2D eigenvalue weighted by Gasteiger charge is -2.02. The van der Waals surface area contributed by atoms with Crippen LogP contribution >= 0.6 is 0 Å². The maximum absolute atomic E-state index is 13.1. The largest absolute Gasteiger partial charge is 0.289 e. The minimum absolute atomic E-state index is 0.190. The van der Waals surface area contributed by atoms with E-state index in [1.807, 2.05) is 0 Å². The SMILES string of the molecule is Cc1cc(F)cc(C(=O)c2ccncc2)c1. The number of pyridine rings is 1. The summed E-state index contributed by atoms with van der Waals surface area (Å²) >= 11 is 0. The molecule has 0 saturated carbocycles. The van der Waals surface area contributed by atoms with E-state index in [-0.39, 0.29) is 5.78 Å². The number of hydrogen-bond donors (Lipinski definition) is 0. The molecule has 0 saturated heterocycles. The van der Waals surface area contributed by atoms with Crippen molar-refractivity contribution in [2.75, 3.05) is 0 Å². The van der Waals surface area contributed by atoms with Crippen LogP contribution in [0.25, 0.3) is 0 Å². The van der Waals surface area contributed by atoms with Gasteiger partial charge in [-0.15, -0.1) is 0 Å². The van der Waals surface area contributed by atoms with Gasteiger partial charge in [0, 0.05) is 23.5 Å². The predicted octanol–water partition coefficient (Wildman–Crippen LogP) is 2.76. The number of rotatable bonds is 2. The molecule has 1 aromatic carbocycles. The van der Waals surface area contributed by atoms with Crippen LogP contribution in [0.15, 0.2) is 42.7 Å². The third-order valence-corrected chi connectivity index (χ3v) is 2.25. The second-order valence-corrected chi connectivity index (χ2v) is 3.58. The number of hydrogen-bond acceptors (Lipinski definition) is 2. The van der Waals surface area contributed by atoms with Gasteiger partial charge in [-0.3, -0.25) is 9.78 Å². The highest BCUT2D eigenvalue weighted by Gasteiger charge is 2.09. The third-order valence-electron chi connectivity index (χ3n) is 2.25. The Labute approximate surface area is 92.8 Å².